The normalized spacial score (nSPS) is 17.1. The molecule has 4 aromatic rings. The first-order valence-corrected chi connectivity index (χ1v) is 14.4. The average molecular weight is 561 g/mol. The van der Waals surface area contributed by atoms with Crippen molar-refractivity contribution >= 4 is 0 Å². The molecule has 0 spiro atoms. The number of benzene rings is 3. The second-order valence-corrected chi connectivity index (χ2v) is 10.9. The Labute approximate surface area is 239 Å². The lowest BCUT2D eigenvalue weighted by atomic mass is 9.83. The Balaban J connectivity index is 1.54. The van der Waals surface area contributed by atoms with E-state index in [4.69, 9.17) is 0 Å². The number of hydrogen-bond acceptors (Lipinski definition) is 4. The lowest BCUT2D eigenvalue weighted by molar-refractivity contribution is -0.173. The lowest BCUT2D eigenvalue weighted by Gasteiger charge is -2.39. The maximum Gasteiger partial charge on any atom is 0.418 e. The van der Waals surface area contributed by atoms with Gasteiger partial charge in [-0.3, -0.25) is 0 Å². The second kappa shape index (κ2) is 11.4. The van der Waals surface area contributed by atoms with E-state index in [1.54, 1.807) is 29.0 Å². The van der Waals surface area contributed by atoms with Gasteiger partial charge in [0.1, 0.15) is 0 Å². The van der Waals surface area contributed by atoms with E-state index in [1.807, 2.05) is 60.7 Å². The van der Waals surface area contributed by atoms with Crippen LogP contribution in [-0.4, -0.2) is 51.0 Å². The fourth-order valence-electron chi connectivity index (χ4n) is 6.32. The number of alkyl halides is 3. The second-order valence-electron chi connectivity index (χ2n) is 10.9. The van der Waals surface area contributed by atoms with Crippen molar-refractivity contribution in [1.82, 2.24) is 19.7 Å². The third kappa shape index (κ3) is 5.33. The first kappa shape index (κ1) is 27.7. The number of hydrazine groups is 2. The zero-order chi connectivity index (χ0) is 28.5. The maximum absolute atomic E-state index is 14.7. The van der Waals surface area contributed by atoms with Crippen LogP contribution in [0.1, 0.15) is 53.6 Å². The number of para-hydroxylation sites is 1. The molecule has 2 fully saturated rings. The molecule has 6 rings (SSSR count). The molecule has 0 bridgehead atoms. The third-order valence-electron chi connectivity index (χ3n) is 8.30. The Morgan fingerprint density at radius 2 is 1.20 bits per heavy atom. The van der Waals surface area contributed by atoms with Crippen LogP contribution < -0.4 is 0 Å². The Morgan fingerprint density at radius 3 is 1.71 bits per heavy atom. The molecule has 1 aromatic heterocycles. The number of aliphatic hydroxyl groups is 1. The van der Waals surface area contributed by atoms with E-state index in [-0.39, 0.29) is 5.69 Å². The molecule has 214 valence electrons. The molecule has 41 heavy (non-hydrogen) atoms. The summed E-state index contributed by atoms with van der Waals surface area (Å²) in [6, 6.07) is 26.1. The summed E-state index contributed by atoms with van der Waals surface area (Å²) < 4.78 is 45.7. The molecule has 0 aliphatic carbocycles. The Morgan fingerprint density at radius 1 is 0.659 bits per heavy atom. The van der Waals surface area contributed by atoms with Gasteiger partial charge in [0.25, 0.3) is 0 Å². The van der Waals surface area contributed by atoms with Crippen LogP contribution in [0.3, 0.4) is 0 Å². The molecule has 2 aliphatic rings. The van der Waals surface area contributed by atoms with Crippen molar-refractivity contribution in [2.45, 2.75) is 44.0 Å². The first-order chi connectivity index (χ1) is 19.9. The number of rotatable bonds is 8. The predicted molar refractivity (Wildman–Crippen MR) is 153 cm³/mol. The highest BCUT2D eigenvalue weighted by atomic mass is 19.4. The van der Waals surface area contributed by atoms with Gasteiger partial charge in [0.05, 0.1) is 23.5 Å². The number of hydrogen-bond donors (Lipinski definition) is 1. The minimum absolute atomic E-state index is 0.0497. The largest absolute Gasteiger partial charge is 0.418 e. The molecule has 2 saturated heterocycles. The van der Waals surface area contributed by atoms with E-state index >= 15 is 0 Å². The molecule has 0 atom stereocenters. The molecule has 5 nitrogen and oxygen atoms in total. The Bertz CT molecular complexity index is 1390. The van der Waals surface area contributed by atoms with Crippen molar-refractivity contribution < 1.29 is 18.3 Å². The predicted octanol–water partition coefficient (Wildman–Crippen LogP) is 6.60. The van der Waals surface area contributed by atoms with E-state index in [2.05, 4.69) is 15.1 Å². The molecular formula is C33H35F3N4O. The van der Waals surface area contributed by atoms with Gasteiger partial charge in [-0.05, 0) is 60.6 Å². The van der Waals surface area contributed by atoms with Crippen LogP contribution in [0.2, 0.25) is 0 Å². The van der Waals surface area contributed by atoms with Crippen LogP contribution >= 0.6 is 0 Å². The van der Waals surface area contributed by atoms with Crippen LogP contribution in [0.15, 0.2) is 97.2 Å². The van der Waals surface area contributed by atoms with E-state index in [1.165, 1.54) is 6.07 Å². The summed E-state index contributed by atoms with van der Waals surface area (Å²) in [7, 11) is 0. The van der Waals surface area contributed by atoms with Crippen LogP contribution in [-0.2, 0) is 18.3 Å². The minimum atomic E-state index is -4.59. The highest BCUT2D eigenvalue weighted by Gasteiger charge is 2.40. The number of nitrogens with zero attached hydrogens (tertiary/aromatic N) is 4. The molecule has 2 aliphatic heterocycles. The van der Waals surface area contributed by atoms with E-state index in [9.17, 15) is 18.3 Å². The molecular weight excluding hydrogens is 525 g/mol. The zero-order valence-electron chi connectivity index (χ0n) is 23.0. The van der Waals surface area contributed by atoms with Gasteiger partial charge in [0.2, 0.25) is 0 Å². The average Bonchev–Trinajstić information content (AvgIpc) is 3.79. The van der Waals surface area contributed by atoms with Crippen molar-refractivity contribution in [1.29, 1.82) is 0 Å². The zero-order valence-corrected chi connectivity index (χ0v) is 23.0. The van der Waals surface area contributed by atoms with E-state index in [0.29, 0.717) is 28.9 Å². The van der Waals surface area contributed by atoms with Crippen molar-refractivity contribution in [3.63, 3.8) is 0 Å². The van der Waals surface area contributed by atoms with Crippen molar-refractivity contribution in [3.05, 3.63) is 125 Å². The summed E-state index contributed by atoms with van der Waals surface area (Å²) in [4.78, 5) is 0. The maximum atomic E-state index is 14.7. The summed E-state index contributed by atoms with van der Waals surface area (Å²) in [5, 5.41) is 19.3. The van der Waals surface area contributed by atoms with Gasteiger partial charge >= 0.3 is 6.18 Å². The summed E-state index contributed by atoms with van der Waals surface area (Å²) in [6.07, 6.45) is 1.34. The highest BCUT2D eigenvalue weighted by Crippen LogP contribution is 2.42. The molecule has 0 saturated carbocycles. The van der Waals surface area contributed by atoms with Crippen LogP contribution in [0.5, 0.6) is 0 Å². The van der Waals surface area contributed by atoms with Crippen molar-refractivity contribution in [2.75, 3.05) is 26.2 Å². The van der Waals surface area contributed by atoms with Crippen LogP contribution in [0.4, 0.5) is 13.2 Å². The third-order valence-corrected chi connectivity index (χ3v) is 8.30. The monoisotopic (exact) mass is 560 g/mol. The van der Waals surface area contributed by atoms with E-state index < -0.39 is 17.3 Å². The highest BCUT2D eigenvalue weighted by molar-refractivity contribution is 5.55. The smallest absolute Gasteiger partial charge is 0.375 e. The molecule has 8 heteroatoms. The standard InChI is InChI=1S/C33H35F3N4O/c34-33(35,36)29-18-11-13-26(25-40(37-20-7-8-21-37)38-22-9-10-23-38)31(29)39-24-12-19-30(39)32(41,27-14-3-1-4-15-27)28-16-5-2-6-17-28/h1-6,11-19,24,41H,7-10,20-23,25H2. The van der Waals surface area contributed by atoms with Crippen molar-refractivity contribution in [3.8, 4) is 5.69 Å². The fourth-order valence-corrected chi connectivity index (χ4v) is 6.32. The van der Waals surface area contributed by atoms with Gasteiger partial charge in [-0.2, -0.15) is 18.3 Å². The summed E-state index contributed by atoms with van der Waals surface area (Å²) in [6.45, 7) is 3.87. The van der Waals surface area contributed by atoms with Gasteiger partial charge in [-0.25, -0.2) is 10.0 Å². The Kier molecular flexibility index (Phi) is 7.74. The topological polar surface area (TPSA) is 34.9 Å². The van der Waals surface area contributed by atoms with Gasteiger partial charge < -0.3 is 9.67 Å². The lowest BCUT2D eigenvalue weighted by Crippen LogP contribution is -2.50. The number of halogens is 3. The molecule has 3 aromatic carbocycles. The quantitative estimate of drug-likeness (QED) is 0.263. The summed E-state index contributed by atoms with van der Waals surface area (Å²) in [5.41, 5.74) is -0.305. The Hall–Kier alpha value is -3.43. The van der Waals surface area contributed by atoms with Crippen LogP contribution in [0, 0.1) is 0 Å². The molecule has 1 N–H and O–H groups in total. The molecule has 0 radical (unpaired) electrons. The number of aromatic nitrogens is 1. The van der Waals surface area contributed by atoms with E-state index in [0.717, 1.165) is 57.9 Å². The fraction of sp³-hybridized carbons (Fsp3) is 0.333. The minimum Gasteiger partial charge on any atom is -0.375 e. The van der Waals surface area contributed by atoms with Gasteiger partial charge in [-0.15, -0.1) is 0 Å². The molecule has 0 unspecified atom stereocenters. The first-order valence-electron chi connectivity index (χ1n) is 14.4. The molecule has 3 heterocycles. The SMILES string of the molecule is OC(c1ccccc1)(c1ccccc1)c1cccn1-c1c(CN(N2CCCC2)N2CCCC2)cccc1C(F)(F)F. The van der Waals surface area contributed by atoms with Gasteiger partial charge in [0.15, 0.2) is 5.60 Å². The van der Waals surface area contributed by atoms with Crippen LogP contribution in [0.25, 0.3) is 5.69 Å². The molecule has 0 amide bonds. The summed E-state index contributed by atoms with van der Waals surface area (Å²) in [5.74, 6) is 0. The van der Waals surface area contributed by atoms with Gasteiger partial charge in [-0.1, -0.05) is 72.8 Å². The van der Waals surface area contributed by atoms with Gasteiger partial charge in [0, 0.05) is 32.4 Å². The van der Waals surface area contributed by atoms with Crippen molar-refractivity contribution in [2.24, 2.45) is 0 Å². The summed E-state index contributed by atoms with van der Waals surface area (Å²) >= 11 is 0.